The van der Waals surface area contributed by atoms with Gasteiger partial charge in [0, 0.05) is 6.07 Å². The summed E-state index contributed by atoms with van der Waals surface area (Å²) >= 11 is 0. The molecule has 2 N–H and O–H groups in total. The summed E-state index contributed by atoms with van der Waals surface area (Å²) in [5, 5.41) is 0. The number of rotatable bonds is 4. The summed E-state index contributed by atoms with van der Waals surface area (Å²) in [5.41, 5.74) is 6.00. The van der Waals surface area contributed by atoms with Crippen LogP contribution in [0.1, 0.15) is 17.9 Å². The summed E-state index contributed by atoms with van der Waals surface area (Å²) in [6, 6.07) is 3.84. The third-order valence-electron chi connectivity index (χ3n) is 2.82. The zero-order chi connectivity index (χ0) is 11.7. The van der Waals surface area contributed by atoms with Gasteiger partial charge < -0.3 is 10.5 Å². The van der Waals surface area contributed by atoms with E-state index in [4.69, 9.17) is 5.73 Å². The van der Waals surface area contributed by atoms with Gasteiger partial charge in [0.05, 0.1) is 0 Å². The molecule has 0 radical (unpaired) electrons. The van der Waals surface area contributed by atoms with Crippen LogP contribution in [-0.4, -0.2) is 13.2 Å². The Hall–Kier alpha value is -1.23. The van der Waals surface area contributed by atoms with Crippen LogP contribution in [0.3, 0.4) is 0 Å². The lowest BCUT2D eigenvalue weighted by atomic mass is 10.1. The quantitative estimate of drug-likeness (QED) is 0.864. The molecule has 0 bridgehead atoms. The Balaban J connectivity index is 2.11. The molecule has 0 aliphatic heterocycles. The maximum atomic E-state index is 13.5. The molecule has 1 aliphatic carbocycles. The monoisotopic (exact) mass is 231 g/mol. The molecule has 1 aliphatic rings. The highest BCUT2D eigenvalue weighted by Gasteiger charge is 2.38. The van der Waals surface area contributed by atoms with Crippen LogP contribution in [0.25, 0.3) is 0 Å². The van der Waals surface area contributed by atoms with Crippen molar-refractivity contribution in [3.63, 3.8) is 0 Å². The van der Waals surface area contributed by atoms with Crippen molar-refractivity contribution in [2.45, 2.75) is 19.0 Å². The Bertz CT molecular complexity index is 383. The molecule has 0 saturated heterocycles. The number of benzene rings is 1. The average molecular weight is 231 g/mol. The Morgan fingerprint density at radius 2 is 2.19 bits per heavy atom. The second kappa shape index (κ2) is 4.33. The van der Waals surface area contributed by atoms with E-state index in [2.05, 4.69) is 4.74 Å². The maximum absolute atomic E-state index is 13.5. The first kappa shape index (κ1) is 11.3. The van der Waals surface area contributed by atoms with Crippen molar-refractivity contribution in [1.29, 1.82) is 0 Å². The van der Waals surface area contributed by atoms with Gasteiger partial charge in [0.1, 0.15) is 11.6 Å². The molecule has 2 atom stereocenters. The van der Waals surface area contributed by atoms with Gasteiger partial charge in [-0.05, 0) is 36.4 Å². The van der Waals surface area contributed by atoms with Crippen LogP contribution in [0, 0.1) is 11.7 Å². The molecule has 2 unspecified atom stereocenters. The van der Waals surface area contributed by atoms with E-state index < -0.39 is 12.4 Å². The minimum absolute atomic E-state index is 0.130. The van der Waals surface area contributed by atoms with Gasteiger partial charge in [-0.25, -0.2) is 4.39 Å². The van der Waals surface area contributed by atoms with Gasteiger partial charge in [0.15, 0.2) is 0 Å². The van der Waals surface area contributed by atoms with Gasteiger partial charge in [-0.2, -0.15) is 8.78 Å². The predicted molar refractivity (Wildman–Crippen MR) is 52.9 cm³/mol. The van der Waals surface area contributed by atoms with Gasteiger partial charge in [0.2, 0.25) is 0 Å². The summed E-state index contributed by atoms with van der Waals surface area (Å²) in [6.07, 6.45) is 0.864. The van der Waals surface area contributed by atoms with Crippen LogP contribution in [0.15, 0.2) is 18.2 Å². The molecule has 0 amide bonds. The molecule has 0 aromatic heterocycles. The lowest BCUT2D eigenvalue weighted by Gasteiger charge is -2.07. The molecule has 88 valence electrons. The molecule has 16 heavy (non-hydrogen) atoms. The number of alkyl halides is 2. The molecule has 1 aromatic carbocycles. The van der Waals surface area contributed by atoms with Crippen molar-refractivity contribution >= 4 is 0 Å². The summed E-state index contributed by atoms with van der Waals surface area (Å²) in [4.78, 5) is 0. The summed E-state index contributed by atoms with van der Waals surface area (Å²) in [6.45, 7) is -2.40. The summed E-state index contributed by atoms with van der Waals surface area (Å²) in [7, 11) is 0. The molecular weight excluding hydrogens is 219 g/mol. The highest BCUT2D eigenvalue weighted by atomic mass is 19.3. The van der Waals surface area contributed by atoms with Crippen LogP contribution in [0.5, 0.6) is 5.75 Å². The molecule has 1 fully saturated rings. The van der Waals surface area contributed by atoms with Crippen molar-refractivity contribution in [2.24, 2.45) is 11.7 Å². The summed E-state index contributed by atoms with van der Waals surface area (Å²) < 4.78 is 41.4. The molecule has 1 saturated carbocycles. The SMILES string of the molecule is NCC1CC1c1ccc(OC(F)F)cc1F. The van der Waals surface area contributed by atoms with Crippen LogP contribution in [0.2, 0.25) is 0 Å². The number of hydrogen-bond acceptors (Lipinski definition) is 2. The molecule has 5 heteroatoms. The van der Waals surface area contributed by atoms with E-state index in [1.165, 1.54) is 12.1 Å². The van der Waals surface area contributed by atoms with E-state index in [-0.39, 0.29) is 11.7 Å². The van der Waals surface area contributed by atoms with Crippen LogP contribution >= 0.6 is 0 Å². The number of ether oxygens (including phenoxy) is 1. The van der Waals surface area contributed by atoms with Gasteiger partial charge in [-0.15, -0.1) is 0 Å². The maximum Gasteiger partial charge on any atom is 0.387 e. The zero-order valence-electron chi connectivity index (χ0n) is 8.50. The lowest BCUT2D eigenvalue weighted by Crippen LogP contribution is -2.04. The van der Waals surface area contributed by atoms with E-state index >= 15 is 0 Å². The fourth-order valence-corrected chi connectivity index (χ4v) is 1.87. The number of hydrogen-bond donors (Lipinski definition) is 1. The van der Waals surface area contributed by atoms with Crippen LogP contribution in [0.4, 0.5) is 13.2 Å². The van der Waals surface area contributed by atoms with E-state index in [9.17, 15) is 13.2 Å². The van der Waals surface area contributed by atoms with Gasteiger partial charge in [0.25, 0.3) is 0 Å². The fourth-order valence-electron chi connectivity index (χ4n) is 1.87. The van der Waals surface area contributed by atoms with E-state index in [1.54, 1.807) is 0 Å². The Labute approximate surface area is 91.2 Å². The van der Waals surface area contributed by atoms with E-state index in [0.717, 1.165) is 12.5 Å². The van der Waals surface area contributed by atoms with Crippen molar-refractivity contribution < 1.29 is 17.9 Å². The molecule has 2 nitrogen and oxygen atoms in total. The first-order chi connectivity index (χ1) is 7.61. The van der Waals surface area contributed by atoms with Crippen molar-refractivity contribution in [2.75, 3.05) is 6.54 Å². The average Bonchev–Trinajstić information content (AvgIpc) is 2.96. The van der Waals surface area contributed by atoms with Crippen LogP contribution in [-0.2, 0) is 0 Å². The molecule has 1 aromatic rings. The van der Waals surface area contributed by atoms with E-state index in [0.29, 0.717) is 18.0 Å². The third-order valence-corrected chi connectivity index (χ3v) is 2.82. The van der Waals surface area contributed by atoms with Crippen molar-refractivity contribution in [3.8, 4) is 5.75 Å². The zero-order valence-corrected chi connectivity index (χ0v) is 8.50. The van der Waals surface area contributed by atoms with Crippen LogP contribution < -0.4 is 10.5 Å². The van der Waals surface area contributed by atoms with Gasteiger partial charge in [-0.3, -0.25) is 0 Å². The Kier molecular flexibility index (Phi) is 3.05. The normalized spacial score (nSPS) is 23.6. The van der Waals surface area contributed by atoms with Crippen molar-refractivity contribution in [3.05, 3.63) is 29.6 Å². The molecular formula is C11H12F3NO. The first-order valence-corrected chi connectivity index (χ1v) is 5.06. The molecule has 0 heterocycles. The first-order valence-electron chi connectivity index (χ1n) is 5.06. The second-order valence-corrected chi connectivity index (χ2v) is 3.90. The summed E-state index contributed by atoms with van der Waals surface area (Å²) in [5.74, 6) is -0.206. The smallest absolute Gasteiger partial charge is 0.387 e. The minimum Gasteiger partial charge on any atom is -0.435 e. The van der Waals surface area contributed by atoms with Gasteiger partial charge >= 0.3 is 6.61 Å². The second-order valence-electron chi connectivity index (χ2n) is 3.90. The predicted octanol–water partition coefficient (Wildman–Crippen LogP) is 2.49. The topological polar surface area (TPSA) is 35.2 Å². The van der Waals surface area contributed by atoms with Gasteiger partial charge in [-0.1, -0.05) is 6.07 Å². The lowest BCUT2D eigenvalue weighted by molar-refractivity contribution is -0.0500. The fraction of sp³-hybridized carbons (Fsp3) is 0.455. The Morgan fingerprint density at radius 1 is 1.44 bits per heavy atom. The third kappa shape index (κ3) is 2.29. The number of nitrogens with two attached hydrogens (primary N) is 1. The Morgan fingerprint density at radius 3 is 2.69 bits per heavy atom. The minimum atomic E-state index is -2.93. The molecule has 0 spiro atoms. The largest absolute Gasteiger partial charge is 0.435 e. The van der Waals surface area contributed by atoms with Crippen molar-refractivity contribution in [1.82, 2.24) is 0 Å². The van der Waals surface area contributed by atoms with E-state index in [1.807, 2.05) is 0 Å². The highest BCUT2D eigenvalue weighted by Crippen LogP contribution is 2.47. The standard InChI is InChI=1S/C11H12F3NO/c12-10-4-7(16-11(13)14)1-2-8(10)9-3-6(9)5-15/h1-2,4,6,9,11H,3,5,15H2. The highest BCUT2D eigenvalue weighted by molar-refractivity contribution is 5.34. The number of halogens is 3. The molecule has 2 rings (SSSR count).